The van der Waals surface area contributed by atoms with Gasteiger partial charge >= 0.3 is 77.3 Å². The first-order valence-electron chi connectivity index (χ1n) is 15.1. The molecule has 3 aliphatic heterocycles. The molecule has 3 aliphatic rings. The van der Waals surface area contributed by atoms with Gasteiger partial charge in [-0.25, -0.2) is 36.7 Å². The van der Waals surface area contributed by atoms with Crippen LogP contribution >= 0.6 is 23.5 Å². The third-order valence-electron chi connectivity index (χ3n) is 7.83. The standard InChI is InChI=1S/C27H31N11O12S3.2Na/c1-35-25(32-33-34-35)52-11-13-10-51-21-17(20(40)38(21)18(13)23(43)44)30-19(39)16(31-24(45)36-7-8-37(27(36)47)53(2,48)49)12-3-5-14(6-4-12)29-26(46)50-9-15(28)22(41)42;;/h3-6,15-17,21H,7-11,28H2,1-2H3,(H,29,46)(H,30,39)(H,31,45)(H,41,42)(H,43,44);;/q;2*+1/p-2/t15-,16+,17-,21+;;/m1../s1. The average Bonchev–Trinajstić information content (AvgIpc) is 3.71. The van der Waals surface area contributed by atoms with Crippen LogP contribution < -0.4 is 91.0 Å². The van der Waals surface area contributed by atoms with E-state index in [1.54, 1.807) is 7.05 Å². The molecule has 28 heteroatoms. The summed E-state index contributed by atoms with van der Waals surface area (Å²) >= 11 is 2.31. The smallest absolute Gasteiger partial charge is 0.548 e. The fraction of sp³-hybridized carbons (Fsp3) is 0.407. The van der Waals surface area contributed by atoms with E-state index in [9.17, 15) is 52.2 Å². The van der Waals surface area contributed by atoms with Crippen LogP contribution in [-0.4, -0.2) is 140 Å². The molecule has 0 aliphatic carbocycles. The van der Waals surface area contributed by atoms with E-state index in [4.69, 9.17) is 10.5 Å². The molecule has 0 saturated carbocycles. The van der Waals surface area contributed by atoms with Crippen molar-refractivity contribution in [2.24, 2.45) is 12.8 Å². The number of aryl methyl sites for hydroxylation is 1. The molecule has 0 spiro atoms. The number of carbonyl (C=O) groups is 7. The van der Waals surface area contributed by atoms with Gasteiger partial charge in [0.1, 0.15) is 24.1 Å². The van der Waals surface area contributed by atoms with Gasteiger partial charge < -0.3 is 40.9 Å². The molecule has 2 saturated heterocycles. The number of hydrogen-bond acceptors (Lipinski definition) is 18. The van der Waals surface area contributed by atoms with Crippen molar-refractivity contribution in [2.45, 2.75) is 28.7 Å². The minimum absolute atomic E-state index is 0. The summed E-state index contributed by atoms with van der Waals surface area (Å²) in [6.07, 6.45) is -0.290. The van der Waals surface area contributed by atoms with Crippen molar-refractivity contribution in [2.75, 3.05) is 42.8 Å². The molecule has 4 heterocycles. The number of nitrogens with one attached hydrogen (secondary N) is 3. The second-order valence-corrected chi connectivity index (χ2v) is 15.4. The Kier molecular flexibility index (Phi) is 16.0. The molecule has 0 unspecified atom stereocenters. The number of aromatic nitrogens is 4. The SMILES string of the molecule is Cn1nnnc1SCC1=C(C(=O)[O-])N2C(=O)[C@@H](NC(=O)[C@@H](NC(=O)N3CCN(S(C)(=O)=O)C3=O)c3ccc(NC(=O)OC[C@@H](N)C(=O)[O-])cc3)[C@@H]2SC1.[Na+].[Na+]. The van der Waals surface area contributed by atoms with Crippen molar-refractivity contribution in [1.82, 2.24) is 44.9 Å². The summed E-state index contributed by atoms with van der Waals surface area (Å²) in [4.78, 5) is 89.8. The molecular formula is C27H29N11Na2O12S3. The number of nitrogens with zero attached hydrogens (tertiary/aromatic N) is 7. The first-order chi connectivity index (χ1) is 25.0. The van der Waals surface area contributed by atoms with E-state index in [1.165, 1.54) is 40.7 Å². The number of benzene rings is 1. The topological polar surface area (TPSA) is 324 Å². The van der Waals surface area contributed by atoms with Crippen LogP contribution in [0.1, 0.15) is 11.6 Å². The van der Waals surface area contributed by atoms with Crippen LogP contribution in [0, 0.1) is 0 Å². The zero-order chi connectivity index (χ0) is 38.8. The molecule has 23 nitrogen and oxygen atoms in total. The van der Waals surface area contributed by atoms with Gasteiger partial charge in [0.2, 0.25) is 21.1 Å². The number of nitrogens with two attached hydrogens (primary N) is 1. The Labute approximate surface area is 364 Å². The second-order valence-electron chi connectivity index (χ2n) is 11.4. The number of β-lactam (4-membered cyclic amide) rings is 1. The average molecular weight is 842 g/mol. The number of sulfonamides is 1. The van der Waals surface area contributed by atoms with Gasteiger partial charge in [-0.3, -0.25) is 19.8 Å². The van der Waals surface area contributed by atoms with E-state index in [-0.39, 0.29) is 101 Å². The number of amides is 7. The zero-order valence-electron chi connectivity index (χ0n) is 29.5. The minimum Gasteiger partial charge on any atom is -0.548 e. The number of ether oxygens (including phenoxy) is 1. The number of imide groups is 1. The summed E-state index contributed by atoms with van der Waals surface area (Å²) < 4.78 is 30.6. The summed E-state index contributed by atoms with van der Waals surface area (Å²) in [6, 6.07) is -1.60. The van der Waals surface area contributed by atoms with Crippen molar-refractivity contribution in [1.29, 1.82) is 0 Å². The fourth-order valence-electron chi connectivity index (χ4n) is 5.18. The molecule has 4 atom stereocenters. The van der Waals surface area contributed by atoms with Crippen molar-refractivity contribution in [3.05, 3.63) is 41.1 Å². The van der Waals surface area contributed by atoms with Crippen LogP contribution in [0.5, 0.6) is 0 Å². The molecule has 7 amide bonds. The molecule has 5 rings (SSSR count). The number of fused-ring (bicyclic) bond motifs is 1. The summed E-state index contributed by atoms with van der Waals surface area (Å²) in [5.41, 5.74) is 5.42. The summed E-state index contributed by atoms with van der Waals surface area (Å²) in [6.45, 7) is -1.36. The Hall–Kier alpha value is -3.47. The van der Waals surface area contributed by atoms with Gasteiger partial charge in [0.15, 0.2) is 0 Å². The number of carbonyl (C=O) groups excluding carboxylic acids is 7. The van der Waals surface area contributed by atoms with E-state index < -0.39 is 82.0 Å². The van der Waals surface area contributed by atoms with Crippen LogP contribution in [0.3, 0.4) is 0 Å². The predicted molar refractivity (Wildman–Crippen MR) is 176 cm³/mol. The number of carboxylic acids is 2. The minimum atomic E-state index is -4.01. The Morgan fingerprint density at radius 1 is 1.11 bits per heavy atom. The zero-order valence-corrected chi connectivity index (χ0v) is 35.9. The van der Waals surface area contributed by atoms with Crippen LogP contribution in [0.2, 0.25) is 0 Å². The third-order valence-corrected chi connectivity index (χ3v) is 11.4. The summed E-state index contributed by atoms with van der Waals surface area (Å²) in [5.74, 6) is -4.73. The molecule has 1 aromatic carbocycles. The molecule has 5 N–H and O–H groups in total. The fourth-order valence-corrected chi connectivity index (χ4v) is 8.31. The maximum atomic E-state index is 13.8. The van der Waals surface area contributed by atoms with E-state index in [0.717, 1.165) is 22.9 Å². The predicted octanol–water partition coefficient (Wildman–Crippen LogP) is -10.5. The Morgan fingerprint density at radius 3 is 2.35 bits per heavy atom. The van der Waals surface area contributed by atoms with Crippen molar-refractivity contribution in [3.63, 3.8) is 0 Å². The monoisotopic (exact) mass is 841 g/mol. The van der Waals surface area contributed by atoms with Crippen molar-refractivity contribution < 1.29 is 116 Å². The number of aliphatic carboxylic acids is 2. The molecule has 284 valence electrons. The number of tetrazole rings is 1. The number of carboxylic acid groups (broad SMARTS) is 2. The maximum Gasteiger partial charge on any atom is 1.00 e. The van der Waals surface area contributed by atoms with E-state index in [0.29, 0.717) is 19.9 Å². The van der Waals surface area contributed by atoms with E-state index >= 15 is 0 Å². The Balaban J connectivity index is 0.00000406. The molecule has 0 radical (unpaired) electrons. The first kappa shape index (κ1) is 45.9. The quantitative estimate of drug-likeness (QED) is 0.0826. The third kappa shape index (κ3) is 10.5. The summed E-state index contributed by atoms with van der Waals surface area (Å²) in [5, 5.41) is 40.7. The molecule has 2 aromatic rings. The largest absolute Gasteiger partial charge is 1.00 e. The number of urea groups is 2. The number of hydrogen-bond donors (Lipinski definition) is 4. The van der Waals surface area contributed by atoms with Crippen molar-refractivity contribution in [3.8, 4) is 0 Å². The normalized spacial score (nSPS) is 18.9. The van der Waals surface area contributed by atoms with Gasteiger partial charge in [0, 0.05) is 24.2 Å². The maximum absolute atomic E-state index is 13.8. The Bertz CT molecular complexity index is 2000. The van der Waals surface area contributed by atoms with Gasteiger partial charge in [0.05, 0.1) is 43.0 Å². The molecule has 2 fully saturated rings. The van der Waals surface area contributed by atoms with Gasteiger partial charge in [0.25, 0.3) is 5.91 Å². The van der Waals surface area contributed by atoms with Crippen LogP contribution in [0.25, 0.3) is 0 Å². The summed E-state index contributed by atoms with van der Waals surface area (Å²) in [7, 11) is -2.41. The number of rotatable bonds is 13. The molecule has 0 bridgehead atoms. The van der Waals surface area contributed by atoms with Gasteiger partial charge in [-0.1, -0.05) is 23.9 Å². The second kappa shape index (κ2) is 19.1. The van der Waals surface area contributed by atoms with Crippen molar-refractivity contribution >= 4 is 81.1 Å². The van der Waals surface area contributed by atoms with Crippen LogP contribution in [0.4, 0.5) is 20.1 Å². The molecule has 1 aromatic heterocycles. The van der Waals surface area contributed by atoms with Crippen LogP contribution in [-0.2, 0) is 41.0 Å². The molecule has 55 heavy (non-hydrogen) atoms. The van der Waals surface area contributed by atoms with Gasteiger partial charge in [-0.2, -0.15) is 0 Å². The first-order valence-corrected chi connectivity index (χ1v) is 19.0. The number of thioether (sulfide) groups is 2. The number of anilines is 1. The molecular weight excluding hydrogens is 813 g/mol. The van der Waals surface area contributed by atoms with E-state index in [1.807, 2.05) is 0 Å². The van der Waals surface area contributed by atoms with Crippen LogP contribution in [0.15, 0.2) is 40.7 Å². The van der Waals surface area contributed by atoms with E-state index in [2.05, 4.69) is 31.5 Å². The van der Waals surface area contributed by atoms with Gasteiger partial charge in [-0.15, -0.1) is 16.9 Å². The van der Waals surface area contributed by atoms with Gasteiger partial charge in [-0.05, 0) is 33.7 Å². The Morgan fingerprint density at radius 2 is 1.78 bits per heavy atom.